The molecule has 1 saturated heterocycles. The Kier molecular flexibility index (Phi) is 6.18. The zero-order chi connectivity index (χ0) is 20.3. The lowest BCUT2D eigenvalue weighted by molar-refractivity contribution is -0.138. The van der Waals surface area contributed by atoms with Gasteiger partial charge in [-0.2, -0.15) is 13.2 Å². The molecule has 2 aromatic rings. The van der Waals surface area contributed by atoms with Crippen LogP contribution in [0.25, 0.3) is 0 Å². The number of benzene rings is 2. The smallest absolute Gasteiger partial charge is 0.306 e. The number of rotatable bonds is 5. The molecule has 1 heterocycles. The third-order valence-electron chi connectivity index (χ3n) is 5.31. The lowest BCUT2D eigenvalue weighted by Crippen LogP contribution is -2.30. The molecule has 2 nitrogen and oxygen atoms in total. The van der Waals surface area contributed by atoms with Crippen molar-refractivity contribution in [2.45, 2.75) is 31.9 Å². The standard InChI is InChI=1S/C22H23F4NO/c1-27-9-7-15(8-10-27)11-16-3-2-4-17(12-16)13-21(28)19-6-5-18(23)14-20(19)22(24,25)26/h2-6,12,14-15H,7-11,13H2,1H3. The lowest BCUT2D eigenvalue weighted by atomic mass is 9.89. The Balaban J connectivity index is 1.73. The maximum Gasteiger partial charge on any atom is 0.417 e. The maximum atomic E-state index is 13.3. The van der Waals surface area contributed by atoms with Gasteiger partial charge < -0.3 is 4.90 Å². The van der Waals surface area contributed by atoms with Crippen LogP contribution in [0.5, 0.6) is 0 Å². The van der Waals surface area contributed by atoms with Gasteiger partial charge in [-0.1, -0.05) is 24.3 Å². The van der Waals surface area contributed by atoms with Gasteiger partial charge in [0.15, 0.2) is 5.78 Å². The number of hydrogen-bond acceptors (Lipinski definition) is 2. The summed E-state index contributed by atoms with van der Waals surface area (Å²) in [7, 11) is 2.10. The quantitative estimate of drug-likeness (QED) is 0.517. The summed E-state index contributed by atoms with van der Waals surface area (Å²) in [4.78, 5) is 14.8. The van der Waals surface area contributed by atoms with Crippen LogP contribution in [0.15, 0.2) is 42.5 Å². The van der Waals surface area contributed by atoms with Crippen LogP contribution < -0.4 is 0 Å². The van der Waals surface area contributed by atoms with E-state index in [2.05, 4.69) is 11.9 Å². The van der Waals surface area contributed by atoms with Crippen molar-refractivity contribution in [1.82, 2.24) is 4.90 Å². The number of carbonyl (C=O) groups excluding carboxylic acids is 1. The molecule has 0 N–H and O–H groups in total. The number of halogens is 4. The highest BCUT2D eigenvalue weighted by Crippen LogP contribution is 2.33. The Morgan fingerprint density at radius 3 is 2.43 bits per heavy atom. The van der Waals surface area contributed by atoms with E-state index in [0.717, 1.165) is 50.0 Å². The van der Waals surface area contributed by atoms with E-state index in [4.69, 9.17) is 0 Å². The van der Waals surface area contributed by atoms with E-state index in [0.29, 0.717) is 17.5 Å². The topological polar surface area (TPSA) is 20.3 Å². The van der Waals surface area contributed by atoms with Crippen molar-refractivity contribution in [3.63, 3.8) is 0 Å². The molecular formula is C22H23F4NO. The van der Waals surface area contributed by atoms with Gasteiger partial charge in [-0.05, 0) is 74.6 Å². The third-order valence-corrected chi connectivity index (χ3v) is 5.31. The molecule has 0 spiro atoms. The van der Waals surface area contributed by atoms with Gasteiger partial charge in [0.05, 0.1) is 5.56 Å². The van der Waals surface area contributed by atoms with Gasteiger partial charge >= 0.3 is 6.18 Å². The number of carbonyl (C=O) groups is 1. The fourth-order valence-corrected chi connectivity index (χ4v) is 3.74. The molecule has 0 bridgehead atoms. The average molecular weight is 393 g/mol. The summed E-state index contributed by atoms with van der Waals surface area (Å²) >= 11 is 0. The Labute approximate surface area is 162 Å². The first-order chi connectivity index (χ1) is 13.2. The summed E-state index contributed by atoms with van der Waals surface area (Å²) in [5.74, 6) is -1.09. The Bertz CT molecular complexity index is 839. The number of Topliss-reactive ketones (excluding diaryl/α,β-unsaturated/α-hetero) is 1. The third kappa shape index (κ3) is 5.19. The van der Waals surface area contributed by atoms with Crippen LogP contribution in [0.3, 0.4) is 0 Å². The summed E-state index contributed by atoms with van der Waals surface area (Å²) in [6.45, 7) is 2.13. The molecule has 6 heteroatoms. The Hall–Kier alpha value is -2.21. The van der Waals surface area contributed by atoms with Gasteiger partial charge in [0.2, 0.25) is 0 Å². The monoisotopic (exact) mass is 393 g/mol. The minimum atomic E-state index is -4.77. The number of nitrogens with zero attached hydrogens (tertiary/aromatic N) is 1. The Morgan fingerprint density at radius 2 is 1.75 bits per heavy atom. The second-order valence-electron chi connectivity index (χ2n) is 7.56. The van der Waals surface area contributed by atoms with Gasteiger partial charge in [-0.3, -0.25) is 4.79 Å². The van der Waals surface area contributed by atoms with E-state index in [1.807, 2.05) is 18.2 Å². The van der Waals surface area contributed by atoms with E-state index < -0.39 is 28.9 Å². The maximum absolute atomic E-state index is 13.3. The zero-order valence-electron chi connectivity index (χ0n) is 15.7. The molecule has 3 rings (SSSR count). The normalized spacial score (nSPS) is 16.3. The van der Waals surface area contributed by atoms with Crippen molar-refractivity contribution in [1.29, 1.82) is 0 Å². The van der Waals surface area contributed by atoms with E-state index in [1.165, 1.54) is 0 Å². The predicted molar refractivity (Wildman–Crippen MR) is 99.8 cm³/mol. The van der Waals surface area contributed by atoms with E-state index >= 15 is 0 Å². The van der Waals surface area contributed by atoms with Crippen LogP contribution in [0.4, 0.5) is 17.6 Å². The second kappa shape index (κ2) is 8.43. The van der Waals surface area contributed by atoms with Crippen molar-refractivity contribution in [2.24, 2.45) is 5.92 Å². The van der Waals surface area contributed by atoms with Crippen LogP contribution in [-0.2, 0) is 19.0 Å². The summed E-state index contributed by atoms with van der Waals surface area (Å²) in [5.41, 5.74) is 0.0532. The molecule has 2 aromatic carbocycles. The molecule has 28 heavy (non-hydrogen) atoms. The van der Waals surface area contributed by atoms with E-state index in [-0.39, 0.29) is 6.42 Å². The minimum Gasteiger partial charge on any atom is -0.306 e. The second-order valence-corrected chi connectivity index (χ2v) is 7.56. The van der Waals surface area contributed by atoms with Gasteiger partial charge in [0.1, 0.15) is 5.82 Å². The molecule has 0 amide bonds. The van der Waals surface area contributed by atoms with Gasteiger partial charge in [0, 0.05) is 12.0 Å². The fraction of sp³-hybridized carbons (Fsp3) is 0.409. The highest BCUT2D eigenvalue weighted by atomic mass is 19.4. The summed E-state index contributed by atoms with van der Waals surface area (Å²) < 4.78 is 52.7. The van der Waals surface area contributed by atoms with Crippen LogP contribution >= 0.6 is 0 Å². The minimum absolute atomic E-state index is 0.143. The molecule has 150 valence electrons. The molecule has 1 aliphatic rings. The molecule has 0 aliphatic carbocycles. The molecule has 0 aromatic heterocycles. The average Bonchev–Trinajstić information content (AvgIpc) is 2.63. The van der Waals surface area contributed by atoms with Crippen molar-refractivity contribution in [3.05, 3.63) is 70.5 Å². The summed E-state index contributed by atoms with van der Waals surface area (Å²) in [5, 5.41) is 0. The first-order valence-electron chi connectivity index (χ1n) is 9.38. The molecule has 0 saturated carbocycles. The Morgan fingerprint density at radius 1 is 1.07 bits per heavy atom. The number of piperidine rings is 1. The summed E-state index contributed by atoms with van der Waals surface area (Å²) in [6.07, 6.45) is -1.78. The lowest BCUT2D eigenvalue weighted by Gasteiger charge is -2.29. The SMILES string of the molecule is CN1CCC(Cc2cccc(CC(=O)c3ccc(F)cc3C(F)(F)F)c2)CC1. The van der Waals surface area contributed by atoms with Crippen LogP contribution in [0, 0.1) is 11.7 Å². The molecular weight excluding hydrogens is 370 g/mol. The number of likely N-dealkylation sites (tertiary alicyclic amines) is 1. The molecule has 1 fully saturated rings. The van der Waals surface area contributed by atoms with Gasteiger partial charge in [-0.15, -0.1) is 0 Å². The number of ketones is 1. The van der Waals surface area contributed by atoms with Gasteiger partial charge in [0.25, 0.3) is 0 Å². The number of alkyl halides is 3. The summed E-state index contributed by atoms with van der Waals surface area (Å²) in [6, 6.07) is 9.65. The van der Waals surface area contributed by atoms with Crippen LogP contribution in [-0.4, -0.2) is 30.8 Å². The van der Waals surface area contributed by atoms with Crippen molar-refractivity contribution < 1.29 is 22.4 Å². The highest BCUT2D eigenvalue weighted by Gasteiger charge is 2.35. The van der Waals surface area contributed by atoms with Crippen LogP contribution in [0.2, 0.25) is 0 Å². The van der Waals surface area contributed by atoms with E-state index in [9.17, 15) is 22.4 Å². The van der Waals surface area contributed by atoms with Crippen molar-refractivity contribution >= 4 is 5.78 Å². The number of hydrogen-bond donors (Lipinski definition) is 0. The van der Waals surface area contributed by atoms with Gasteiger partial charge in [-0.25, -0.2) is 4.39 Å². The zero-order valence-corrected chi connectivity index (χ0v) is 15.7. The van der Waals surface area contributed by atoms with E-state index in [1.54, 1.807) is 6.07 Å². The first-order valence-corrected chi connectivity index (χ1v) is 9.38. The predicted octanol–water partition coefficient (Wildman–Crippen LogP) is 5.15. The molecule has 0 radical (unpaired) electrons. The molecule has 1 aliphatic heterocycles. The first kappa shape index (κ1) is 20.5. The molecule has 0 unspecified atom stereocenters. The van der Waals surface area contributed by atoms with Crippen molar-refractivity contribution in [2.75, 3.05) is 20.1 Å². The largest absolute Gasteiger partial charge is 0.417 e. The highest BCUT2D eigenvalue weighted by molar-refractivity contribution is 5.99. The molecule has 0 atom stereocenters. The van der Waals surface area contributed by atoms with Crippen LogP contribution in [0.1, 0.15) is 39.9 Å². The fourth-order valence-electron chi connectivity index (χ4n) is 3.74. The van der Waals surface area contributed by atoms with Crippen molar-refractivity contribution in [3.8, 4) is 0 Å².